The van der Waals surface area contributed by atoms with E-state index in [4.69, 9.17) is 14.5 Å². The summed E-state index contributed by atoms with van der Waals surface area (Å²) in [6.45, 7) is 3.75. The van der Waals surface area contributed by atoms with E-state index in [0.29, 0.717) is 5.03 Å². The molecule has 0 fully saturated rings. The van der Waals surface area contributed by atoms with Gasteiger partial charge in [0.1, 0.15) is 23.0 Å². The van der Waals surface area contributed by atoms with Crippen LogP contribution < -0.4 is 31.2 Å². The van der Waals surface area contributed by atoms with E-state index in [1.165, 1.54) is 21.8 Å². The van der Waals surface area contributed by atoms with Crippen molar-refractivity contribution in [3.05, 3.63) is 170 Å². The van der Waals surface area contributed by atoms with Crippen LogP contribution >= 0.6 is 12.6 Å². The van der Waals surface area contributed by atoms with E-state index in [2.05, 4.69) is 156 Å². The quantitative estimate of drug-likeness (QED) is 0.0981. The topological polar surface area (TPSA) is 48.3 Å². The van der Waals surface area contributed by atoms with Crippen LogP contribution in [0.15, 0.2) is 169 Å². The van der Waals surface area contributed by atoms with Crippen LogP contribution in [-0.4, -0.2) is 23.3 Å². The zero-order chi connectivity index (χ0) is 36.3. The molecule has 0 bridgehead atoms. The van der Waals surface area contributed by atoms with Crippen LogP contribution in [0.3, 0.4) is 0 Å². The zero-order valence-corrected chi connectivity index (χ0v) is 30.4. The van der Waals surface area contributed by atoms with Crippen molar-refractivity contribution < 1.29 is 9.47 Å². The van der Waals surface area contributed by atoms with Crippen LogP contribution in [0.2, 0.25) is 0 Å². The molecule has 0 saturated carbocycles. The Morgan fingerprint density at radius 1 is 0.685 bits per heavy atom. The Morgan fingerprint density at radius 3 is 2.00 bits per heavy atom. The van der Waals surface area contributed by atoms with E-state index in [9.17, 15) is 0 Å². The average Bonchev–Trinajstić information content (AvgIpc) is 3.55. The van der Waals surface area contributed by atoms with E-state index in [0.717, 1.165) is 73.0 Å². The predicted molar refractivity (Wildman–Crippen MR) is 226 cm³/mol. The second-order valence-corrected chi connectivity index (χ2v) is 14.2. The Morgan fingerprint density at radius 2 is 1.33 bits per heavy atom. The molecule has 7 heteroatoms. The molecular weight excluding hydrogens is 681 g/mol. The standard InChI is InChI=1S/C47H34BN3O2S/c1-3-4-12-38(49-2)30-19-23-42-36(25-30)48-37-26-31(39-13-9-16-46(54)50-39)20-24-43(37)53-45-28-32(27-44(52-42)47(45)48)29-17-21-33(22-18-29)51-40-14-7-5-10-34(40)35-11-6-8-15-41(35)51/h3-28,38,49H,1H2,2H3,(H,50,54)/b12-4-. The second-order valence-electron chi connectivity index (χ2n) is 13.8. The van der Waals surface area contributed by atoms with Gasteiger partial charge in [-0.05, 0) is 107 Å². The molecule has 8 aromatic rings. The molecule has 54 heavy (non-hydrogen) atoms. The summed E-state index contributed by atoms with van der Waals surface area (Å²) in [7, 11) is 1.97. The summed E-state index contributed by atoms with van der Waals surface area (Å²) in [6, 6.07) is 49.0. The number of hydrogen-bond acceptors (Lipinski definition) is 5. The van der Waals surface area contributed by atoms with Gasteiger partial charge in [-0.25, -0.2) is 4.98 Å². The first kappa shape index (κ1) is 32.4. The highest BCUT2D eigenvalue weighted by Crippen LogP contribution is 2.40. The Labute approximate surface area is 319 Å². The number of nitrogens with one attached hydrogen (secondary N) is 1. The van der Waals surface area contributed by atoms with Gasteiger partial charge < -0.3 is 19.4 Å². The third-order valence-electron chi connectivity index (χ3n) is 10.7. The van der Waals surface area contributed by atoms with E-state index in [-0.39, 0.29) is 12.8 Å². The van der Waals surface area contributed by atoms with E-state index in [1.54, 1.807) is 6.08 Å². The normalized spacial score (nSPS) is 13.3. The molecular formula is C47H34BN3O2S. The fourth-order valence-corrected chi connectivity index (χ4v) is 8.39. The number of para-hydroxylation sites is 2. The summed E-state index contributed by atoms with van der Waals surface area (Å²) in [5, 5.41) is 6.60. The lowest BCUT2D eigenvalue weighted by molar-refractivity contribution is 0.464. The van der Waals surface area contributed by atoms with Gasteiger partial charge in [0.15, 0.2) is 0 Å². The number of ether oxygens (including phenoxy) is 2. The number of rotatable bonds is 7. The highest BCUT2D eigenvalue weighted by atomic mass is 32.1. The minimum Gasteiger partial charge on any atom is -0.458 e. The van der Waals surface area contributed by atoms with Crippen molar-refractivity contribution in [1.29, 1.82) is 0 Å². The smallest absolute Gasteiger partial charge is 0.260 e. The fraction of sp³-hybridized carbons (Fsp3) is 0.0426. The van der Waals surface area contributed by atoms with E-state index < -0.39 is 0 Å². The van der Waals surface area contributed by atoms with Crippen molar-refractivity contribution in [3.8, 4) is 51.1 Å². The summed E-state index contributed by atoms with van der Waals surface area (Å²) >= 11 is 4.52. The Hall–Kier alpha value is -6.28. The lowest BCUT2D eigenvalue weighted by Gasteiger charge is -2.34. The molecule has 2 aliphatic heterocycles. The summed E-state index contributed by atoms with van der Waals surface area (Å²) < 4.78 is 15.9. The number of allylic oxidation sites excluding steroid dienone is 2. The van der Waals surface area contributed by atoms with Gasteiger partial charge in [-0.15, -0.1) is 12.6 Å². The molecule has 0 radical (unpaired) electrons. The molecule has 4 heterocycles. The van der Waals surface area contributed by atoms with Crippen LogP contribution in [0.1, 0.15) is 11.6 Å². The number of fused-ring (bicyclic) bond motifs is 7. The van der Waals surface area contributed by atoms with Crippen LogP contribution in [0.25, 0.3) is 49.9 Å². The van der Waals surface area contributed by atoms with Crippen molar-refractivity contribution in [2.24, 2.45) is 0 Å². The van der Waals surface area contributed by atoms with Crippen LogP contribution in [0.4, 0.5) is 0 Å². The number of aromatic nitrogens is 2. The minimum atomic E-state index is -0.116. The SMILES string of the molecule is C=C/C=C\C(NC)c1ccc2c(c1)B1c3cc(-c4cccc(S)n4)ccc3Oc3cc(-c4ccc(-n5c6ccccc6c6ccccc65)cc4)cc(c31)O2. The van der Waals surface area contributed by atoms with Gasteiger partial charge in [-0.3, -0.25) is 0 Å². The molecule has 1 N–H and O–H groups in total. The second kappa shape index (κ2) is 13.0. The highest BCUT2D eigenvalue weighted by molar-refractivity contribution is 7.80. The average molecular weight is 716 g/mol. The van der Waals surface area contributed by atoms with Crippen molar-refractivity contribution >= 4 is 57.5 Å². The number of thiol groups is 1. The van der Waals surface area contributed by atoms with Gasteiger partial charge in [-0.2, -0.15) is 0 Å². The van der Waals surface area contributed by atoms with Gasteiger partial charge in [0.25, 0.3) is 6.71 Å². The van der Waals surface area contributed by atoms with E-state index >= 15 is 0 Å². The van der Waals surface area contributed by atoms with Crippen LogP contribution in [0.5, 0.6) is 23.0 Å². The number of benzene rings is 6. The summed E-state index contributed by atoms with van der Waals surface area (Å²) in [5.74, 6) is 3.24. The van der Waals surface area contributed by atoms with Crippen LogP contribution in [-0.2, 0) is 0 Å². The number of hydrogen-bond donors (Lipinski definition) is 2. The number of pyridine rings is 1. The molecule has 0 spiro atoms. The van der Waals surface area contributed by atoms with E-state index in [1.807, 2.05) is 31.3 Å². The molecule has 0 saturated heterocycles. The maximum atomic E-state index is 6.80. The molecule has 10 rings (SSSR count). The summed E-state index contributed by atoms with van der Waals surface area (Å²) in [6.07, 6.45) is 5.89. The highest BCUT2D eigenvalue weighted by Gasteiger charge is 2.41. The first-order chi connectivity index (χ1) is 26.6. The lowest BCUT2D eigenvalue weighted by Crippen LogP contribution is -2.57. The Kier molecular flexibility index (Phi) is 7.79. The molecule has 2 aromatic heterocycles. The van der Waals surface area contributed by atoms with Crippen molar-refractivity contribution in [2.45, 2.75) is 11.1 Å². The molecule has 6 aromatic carbocycles. The number of nitrogens with zero attached hydrogens (tertiary/aromatic N) is 2. The third-order valence-corrected chi connectivity index (χ3v) is 10.9. The first-order valence-corrected chi connectivity index (χ1v) is 18.6. The van der Waals surface area contributed by atoms with Crippen LogP contribution in [0, 0.1) is 0 Å². The van der Waals surface area contributed by atoms with Crippen molar-refractivity contribution in [1.82, 2.24) is 14.9 Å². The maximum absolute atomic E-state index is 6.80. The molecule has 1 atom stereocenters. The maximum Gasteiger partial charge on any atom is 0.260 e. The number of likely N-dealkylation sites (N-methyl/N-ethyl adjacent to an activating group) is 1. The lowest BCUT2D eigenvalue weighted by atomic mass is 9.34. The minimum absolute atomic E-state index is 0.00926. The third kappa shape index (κ3) is 5.27. The molecule has 1 unspecified atom stereocenters. The zero-order valence-electron chi connectivity index (χ0n) is 29.5. The first-order valence-electron chi connectivity index (χ1n) is 18.1. The molecule has 2 aliphatic rings. The molecule has 0 aliphatic carbocycles. The Balaban J connectivity index is 1.10. The Bertz CT molecular complexity index is 2750. The molecule has 5 nitrogen and oxygen atoms in total. The van der Waals surface area contributed by atoms with Gasteiger partial charge >= 0.3 is 0 Å². The summed E-state index contributed by atoms with van der Waals surface area (Å²) in [5.41, 5.74) is 11.8. The fourth-order valence-electron chi connectivity index (χ4n) is 8.19. The van der Waals surface area contributed by atoms with Gasteiger partial charge in [0.2, 0.25) is 0 Å². The van der Waals surface area contributed by atoms with Gasteiger partial charge in [0, 0.05) is 21.9 Å². The van der Waals surface area contributed by atoms with Gasteiger partial charge in [-0.1, -0.05) is 97.6 Å². The molecule has 0 amide bonds. The molecule has 258 valence electrons. The predicted octanol–water partition coefficient (Wildman–Crippen LogP) is 9.53. The monoisotopic (exact) mass is 715 g/mol. The van der Waals surface area contributed by atoms with Gasteiger partial charge in [0.05, 0.1) is 27.8 Å². The largest absolute Gasteiger partial charge is 0.458 e. The summed E-state index contributed by atoms with van der Waals surface area (Å²) in [4.78, 5) is 4.71. The van der Waals surface area contributed by atoms with Crippen molar-refractivity contribution in [3.63, 3.8) is 0 Å². The van der Waals surface area contributed by atoms with Crippen molar-refractivity contribution in [2.75, 3.05) is 7.05 Å².